The van der Waals surface area contributed by atoms with E-state index in [2.05, 4.69) is 5.10 Å². The van der Waals surface area contributed by atoms with Crippen LogP contribution in [0.25, 0.3) is 11.3 Å². The number of carboxylic acid groups (broad SMARTS) is 1. The molecule has 2 rings (SSSR count). The summed E-state index contributed by atoms with van der Waals surface area (Å²) in [6.45, 7) is 2.50. The maximum atomic E-state index is 11.3. The number of hydrogen-bond acceptors (Lipinski definition) is 4. The molecular formula is C14H16N2O4. The predicted molar refractivity (Wildman–Crippen MR) is 73.4 cm³/mol. The van der Waals surface area contributed by atoms with Crippen molar-refractivity contribution in [3.63, 3.8) is 0 Å². The molecule has 0 aliphatic carbocycles. The topological polar surface area (TPSA) is 73.6 Å². The molecule has 1 N–H and O–H groups in total. The highest BCUT2D eigenvalue weighted by Gasteiger charge is 2.18. The van der Waals surface area contributed by atoms with Gasteiger partial charge in [0.1, 0.15) is 11.3 Å². The largest absolute Gasteiger partial charge is 0.493 e. The van der Waals surface area contributed by atoms with Gasteiger partial charge in [0.2, 0.25) is 0 Å². The Morgan fingerprint density at radius 3 is 2.55 bits per heavy atom. The highest BCUT2D eigenvalue weighted by Crippen LogP contribution is 2.32. The van der Waals surface area contributed by atoms with E-state index < -0.39 is 5.97 Å². The van der Waals surface area contributed by atoms with Gasteiger partial charge >= 0.3 is 5.97 Å². The van der Waals surface area contributed by atoms with Gasteiger partial charge in [-0.05, 0) is 25.1 Å². The van der Waals surface area contributed by atoms with Crippen molar-refractivity contribution in [1.29, 1.82) is 0 Å². The van der Waals surface area contributed by atoms with Gasteiger partial charge in [0.05, 0.1) is 14.2 Å². The molecule has 2 aromatic rings. The summed E-state index contributed by atoms with van der Waals surface area (Å²) in [5.41, 5.74) is 1.26. The number of aromatic nitrogens is 2. The predicted octanol–water partition coefficient (Wildman–Crippen LogP) is 2.29. The summed E-state index contributed by atoms with van der Waals surface area (Å²) in [7, 11) is 3.08. The van der Waals surface area contributed by atoms with Crippen LogP contribution in [-0.4, -0.2) is 35.1 Å². The molecule has 6 nitrogen and oxygen atoms in total. The fourth-order valence-corrected chi connectivity index (χ4v) is 1.94. The third-order valence-corrected chi connectivity index (χ3v) is 2.97. The first kappa shape index (κ1) is 13.9. The van der Waals surface area contributed by atoms with E-state index in [1.807, 2.05) is 6.92 Å². The number of carboxylic acids is 1. The lowest BCUT2D eigenvalue weighted by molar-refractivity contribution is 0.0697. The van der Waals surface area contributed by atoms with E-state index in [-0.39, 0.29) is 5.56 Å². The van der Waals surface area contributed by atoms with E-state index in [1.165, 1.54) is 13.3 Å². The Morgan fingerprint density at radius 1 is 1.30 bits per heavy atom. The van der Waals surface area contributed by atoms with Crippen LogP contribution < -0.4 is 9.47 Å². The minimum atomic E-state index is -1.01. The molecule has 0 unspecified atom stereocenters. The summed E-state index contributed by atoms with van der Waals surface area (Å²) in [5, 5.41) is 13.5. The van der Waals surface area contributed by atoms with Crippen LogP contribution in [0.2, 0.25) is 0 Å². The number of methoxy groups -OCH3 is 2. The highest BCUT2D eigenvalue weighted by atomic mass is 16.5. The van der Waals surface area contributed by atoms with Gasteiger partial charge in [0.25, 0.3) is 0 Å². The molecule has 0 aliphatic heterocycles. The molecule has 6 heteroatoms. The Labute approximate surface area is 116 Å². The maximum Gasteiger partial charge on any atom is 0.339 e. The zero-order valence-corrected chi connectivity index (χ0v) is 11.6. The molecule has 1 aromatic heterocycles. The molecule has 0 saturated carbocycles. The first-order chi connectivity index (χ1) is 9.60. The van der Waals surface area contributed by atoms with E-state index in [4.69, 9.17) is 9.47 Å². The second-order valence-electron chi connectivity index (χ2n) is 4.12. The van der Waals surface area contributed by atoms with Crippen molar-refractivity contribution in [2.24, 2.45) is 0 Å². The van der Waals surface area contributed by atoms with Crippen LogP contribution >= 0.6 is 0 Å². The van der Waals surface area contributed by atoms with E-state index in [1.54, 1.807) is 30.0 Å². The molecule has 0 saturated heterocycles. The van der Waals surface area contributed by atoms with Gasteiger partial charge in [-0.15, -0.1) is 0 Å². The van der Waals surface area contributed by atoms with Gasteiger partial charge in [-0.1, -0.05) is 0 Å². The lowest BCUT2D eigenvalue weighted by Gasteiger charge is -2.08. The lowest BCUT2D eigenvalue weighted by atomic mass is 10.1. The molecule has 1 aromatic carbocycles. The van der Waals surface area contributed by atoms with Gasteiger partial charge in [0.15, 0.2) is 11.5 Å². The summed E-state index contributed by atoms with van der Waals surface area (Å²) in [4.78, 5) is 11.3. The van der Waals surface area contributed by atoms with E-state index >= 15 is 0 Å². The van der Waals surface area contributed by atoms with Crippen molar-refractivity contribution < 1.29 is 19.4 Å². The minimum absolute atomic E-state index is 0.166. The van der Waals surface area contributed by atoms with Gasteiger partial charge in [0, 0.05) is 18.3 Å². The number of benzene rings is 1. The fourth-order valence-electron chi connectivity index (χ4n) is 1.94. The maximum absolute atomic E-state index is 11.3. The van der Waals surface area contributed by atoms with Gasteiger partial charge in [-0.3, -0.25) is 4.68 Å². The summed E-state index contributed by atoms with van der Waals surface area (Å²) >= 11 is 0. The van der Waals surface area contributed by atoms with Crippen LogP contribution in [0.3, 0.4) is 0 Å². The monoisotopic (exact) mass is 276 g/mol. The summed E-state index contributed by atoms with van der Waals surface area (Å²) in [5.74, 6) is 0.116. The van der Waals surface area contributed by atoms with Crippen molar-refractivity contribution in [3.05, 3.63) is 30.0 Å². The fraction of sp³-hybridized carbons (Fsp3) is 0.286. The zero-order chi connectivity index (χ0) is 14.7. The van der Waals surface area contributed by atoms with Crippen LogP contribution in [0.5, 0.6) is 11.5 Å². The van der Waals surface area contributed by atoms with Crippen LogP contribution in [0, 0.1) is 0 Å². The average Bonchev–Trinajstić information content (AvgIpc) is 2.91. The Morgan fingerprint density at radius 2 is 2.00 bits per heavy atom. The molecule has 0 aliphatic rings. The molecule has 0 spiro atoms. The van der Waals surface area contributed by atoms with Crippen molar-refractivity contribution in [2.75, 3.05) is 14.2 Å². The smallest absolute Gasteiger partial charge is 0.339 e. The van der Waals surface area contributed by atoms with E-state index in [0.717, 1.165) is 0 Å². The molecule has 106 valence electrons. The normalized spacial score (nSPS) is 10.3. The number of ether oxygens (including phenoxy) is 2. The SMILES string of the molecule is CCn1cc(C(=O)O)c(-c2ccc(OC)c(OC)c2)n1. The third-order valence-electron chi connectivity index (χ3n) is 2.97. The Kier molecular flexibility index (Phi) is 3.93. The van der Waals surface area contributed by atoms with Gasteiger partial charge < -0.3 is 14.6 Å². The Bertz CT molecular complexity index is 634. The first-order valence-electron chi connectivity index (χ1n) is 6.13. The number of rotatable bonds is 5. The van der Waals surface area contributed by atoms with Crippen molar-refractivity contribution >= 4 is 5.97 Å². The highest BCUT2D eigenvalue weighted by molar-refractivity contribution is 5.94. The third kappa shape index (κ3) is 2.45. The molecule has 0 bridgehead atoms. The lowest BCUT2D eigenvalue weighted by Crippen LogP contribution is -1.97. The number of hydrogen-bond donors (Lipinski definition) is 1. The Hall–Kier alpha value is -2.50. The number of nitrogens with zero attached hydrogens (tertiary/aromatic N) is 2. The quantitative estimate of drug-likeness (QED) is 0.907. The average molecular weight is 276 g/mol. The molecule has 20 heavy (non-hydrogen) atoms. The van der Waals surface area contributed by atoms with Crippen molar-refractivity contribution in [2.45, 2.75) is 13.5 Å². The van der Waals surface area contributed by atoms with Gasteiger partial charge in [-0.25, -0.2) is 4.79 Å². The molecule has 0 amide bonds. The summed E-state index contributed by atoms with van der Waals surface area (Å²) in [6.07, 6.45) is 1.52. The number of aromatic carboxylic acids is 1. The minimum Gasteiger partial charge on any atom is -0.493 e. The second-order valence-corrected chi connectivity index (χ2v) is 4.12. The van der Waals surface area contributed by atoms with E-state index in [9.17, 15) is 9.90 Å². The molecule has 0 atom stereocenters. The molecular weight excluding hydrogens is 260 g/mol. The Balaban J connectivity index is 2.56. The standard InChI is InChI=1S/C14H16N2O4/c1-4-16-8-10(14(17)18)13(15-16)9-5-6-11(19-2)12(7-9)20-3/h5-8H,4H2,1-3H3,(H,17,18). The zero-order valence-electron chi connectivity index (χ0n) is 11.6. The molecule has 0 fully saturated rings. The summed E-state index contributed by atoms with van der Waals surface area (Å²) < 4.78 is 12.0. The van der Waals surface area contributed by atoms with Crippen LogP contribution in [0.15, 0.2) is 24.4 Å². The van der Waals surface area contributed by atoms with Crippen molar-refractivity contribution in [3.8, 4) is 22.8 Å². The van der Waals surface area contributed by atoms with Crippen LogP contribution in [-0.2, 0) is 6.54 Å². The van der Waals surface area contributed by atoms with Crippen LogP contribution in [0.4, 0.5) is 0 Å². The van der Waals surface area contributed by atoms with Gasteiger partial charge in [-0.2, -0.15) is 5.10 Å². The number of aryl methyl sites for hydroxylation is 1. The second kappa shape index (κ2) is 5.64. The van der Waals surface area contributed by atoms with Crippen molar-refractivity contribution in [1.82, 2.24) is 9.78 Å². The molecule has 1 heterocycles. The first-order valence-corrected chi connectivity index (χ1v) is 6.13. The van der Waals surface area contributed by atoms with Crippen LogP contribution in [0.1, 0.15) is 17.3 Å². The number of carbonyl (C=O) groups is 1. The summed E-state index contributed by atoms with van der Waals surface area (Å²) in [6, 6.07) is 5.20. The molecule has 0 radical (unpaired) electrons. The van der Waals surface area contributed by atoms with E-state index in [0.29, 0.717) is 29.3 Å².